The molecule has 0 unspecified atom stereocenters. The van der Waals surface area contributed by atoms with E-state index in [1.165, 1.54) is 6.07 Å². The summed E-state index contributed by atoms with van der Waals surface area (Å²) in [7, 11) is 1.74. The van der Waals surface area contributed by atoms with E-state index in [0.29, 0.717) is 27.6 Å². The first-order valence-corrected chi connectivity index (χ1v) is 8.92. The monoisotopic (exact) mass is 383 g/mol. The summed E-state index contributed by atoms with van der Waals surface area (Å²) in [5, 5.41) is 12.5. The molecule has 0 aliphatic rings. The topological polar surface area (TPSA) is 85.4 Å². The largest absolute Gasteiger partial charge is 0.395 e. The number of rotatable bonds is 6. The number of carbonyl (C=O) groups excluding carboxylic acids is 1. The van der Waals surface area contributed by atoms with E-state index in [1.807, 2.05) is 18.2 Å². The Morgan fingerprint density at radius 1 is 1.21 bits per heavy atom. The van der Waals surface area contributed by atoms with Gasteiger partial charge in [0.05, 0.1) is 13.2 Å². The van der Waals surface area contributed by atoms with Crippen molar-refractivity contribution >= 4 is 22.4 Å². The number of H-pyrrole nitrogens is 1. The van der Waals surface area contributed by atoms with Crippen molar-refractivity contribution in [2.24, 2.45) is 0 Å². The molecule has 1 heterocycles. The number of pyridine rings is 1. The zero-order valence-corrected chi connectivity index (χ0v) is 15.8. The molecule has 0 radical (unpaired) electrons. The second kappa shape index (κ2) is 8.22. The maximum atomic E-state index is 14.0. The van der Waals surface area contributed by atoms with E-state index in [1.54, 1.807) is 37.2 Å². The summed E-state index contributed by atoms with van der Waals surface area (Å²) < 4.78 is 14.0. The van der Waals surface area contributed by atoms with Gasteiger partial charge in [-0.15, -0.1) is 0 Å². The first kappa shape index (κ1) is 19.6. The standard InChI is InChI=1S/C21H22FN3O3/c1-13-15(4-3-5-19(13)22)18-11-24-21(28)17-10-14(6-7-16(17)18)25(2)12-20(27)23-8-9-26/h3-7,10-11,26H,8-9,12H2,1-2H3,(H,23,27)(H,24,28). The number of halogens is 1. The van der Waals surface area contributed by atoms with Crippen LogP contribution in [0.25, 0.3) is 21.9 Å². The minimum Gasteiger partial charge on any atom is -0.395 e. The lowest BCUT2D eigenvalue weighted by Crippen LogP contribution is -2.36. The number of aliphatic hydroxyl groups is 1. The third-order valence-corrected chi connectivity index (χ3v) is 4.70. The van der Waals surface area contributed by atoms with Crippen LogP contribution in [0.2, 0.25) is 0 Å². The molecule has 1 amide bonds. The number of aromatic amines is 1. The highest BCUT2D eigenvalue weighted by molar-refractivity contribution is 5.98. The molecular formula is C21H22FN3O3. The minimum absolute atomic E-state index is 0.0894. The summed E-state index contributed by atoms with van der Waals surface area (Å²) in [5.74, 6) is -0.531. The van der Waals surface area contributed by atoms with Gasteiger partial charge in [-0.3, -0.25) is 9.59 Å². The first-order valence-electron chi connectivity index (χ1n) is 8.92. The smallest absolute Gasteiger partial charge is 0.255 e. The van der Waals surface area contributed by atoms with E-state index in [0.717, 1.165) is 5.56 Å². The molecule has 0 saturated carbocycles. The average molecular weight is 383 g/mol. The van der Waals surface area contributed by atoms with Crippen LogP contribution in [0, 0.1) is 12.7 Å². The molecule has 0 aliphatic heterocycles. The Hall–Kier alpha value is -3.19. The number of nitrogens with zero attached hydrogens (tertiary/aromatic N) is 1. The third-order valence-electron chi connectivity index (χ3n) is 4.70. The van der Waals surface area contributed by atoms with Crippen LogP contribution >= 0.6 is 0 Å². The molecular weight excluding hydrogens is 361 g/mol. The Bertz CT molecular complexity index is 1080. The summed E-state index contributed by atoms with van der Waals surface area (Å²) in [6.45, 7) is 1.87. The van der Waals surface area contributed by atoms with Gasteiger partial charge in [-0.2, -0.15) is 0 Å². The van der Waals surface area contributed by atoms with Gasteiger partial charge in [-0.05, 0) is 41.6 Å². The van der Waals surface area contributed by atoms with Gasteiger partial charge < -0.3 is 20.3 Å². The number of fused-ring (bicyclic) bond motifs is 1. The third kappa shape index (κ3) is 3.89. The van der Waals surface area contributed by atoms with Crippen LogP contribution in [0.1, 0.15) is 5.56 Å². The number of aliphatic hydroxyl groups excluding tert-OH is 1. The number of hydrogen-bond donors (Lipinski definition) is 3. The van der Waals surface area contributed by atoms with Gasteiger partial charge >= 0.3 is 0 Å². The van der Waals surface area contributed by atoms with E-state index in [9.17, 15) is 14.0 Å². The summed E-state index contributed by atoms with van der Waals surface area (Å²) >= 11 is 0. The van der Waals surface area contributed by atoms with E-state index in [-0.39, 0.29) is 37.0 Å². The quantitative estimate of drug-likeness (QED) is 0.609. The van der Waals surface area contributed by atoms with Crippen molar-refractivity contribution in [2.45, 2.75) is 6.92 Å². The molecule has 146 valence electrons. The lowest BCUT2D eigenvalue weighted by atomic mass is 9.96. The second-order valence-electron chi connectivity index (χ2n) is 6.60. The Labute approximate surface area is 161 Å². The van der Waals surface area contributed by atoms with Gasteiger partial charge in [-0.1, -0.05) is 18.2 Å². The first-order chi connectivity index (χ1) is 13.4. The highest BCUT2D eigenvalue weighted by Crippen LogP contribution is 2.31. The zero-order valence-electron chi connectivity index (χ0n) is 15.8. The Balaban J connectivity index is 2.01. The molecule has 3 rings (SSSR count). The van der Waals surface area contributed by atoms with Gasteiger partial charge in [0.15, 0.2) is 0 Å². The highest BCUT2D eigenvalue weighted by atomic mass is 19.1. The van der Waals surface area contributed by atoms with Crippen molar-refractivity contribution in [1.29, 1.82) is 0 Å². The van der Waals surface area contributed by atoms with E-state index in [2.05, 4.69) is 10.3 Å². The molecule has 0 aliphatic carbocycles. The van der Waals surface area contributed by atoms with Crippen LogP contribution in [0.15, 0.2) is 47.4 Å². The van der Waals surface area contributed by atoms with Crippen LogP contribution in [-0.4, -0.2) is 42.7 Å². The van der Waals surface area contributed by atoms with Crippen molar-refractivity contribution in [1.82, 2.24) is 10.3 Å². The normalized spacial score (nSPS) is 10.9. The number of likely N-dealkylation sites (N-methyl/N-ethyl adjacent to an activating group) is 1. The summed E-state index contributed by atoms with van der Waals surface area (Å²) in [5.41, 5.74) is 2.41. The molecule has 0 bridgehead atoms. The summed E-state index contributed by atoms with van der Waals surface area (Å²) in [6.07, 6.45) is 1.60. The van der Waals surface area contributed by atoms with Crippen LogP contribution < -0.4 is 15.8 Å². The fourth-order valence-corrected chi connectivity index (χ4v) is 3.17. The molecule has 3 N–H and O–H groups in total. The van der Waals surface area contributed by atoms with Crippen LogP contribution in [0.4, 0.5) is 10.1 Å². The lowest BCUT2D eigenvalue weighted by molar-refractivity contribution is -0.119. The molecule has 28 heavy (non-hydrogen) atoms. The molecule has 0 fully saturated rings. The molecule has 0 saturated heterocycles. The zero-order chi connectivity index (χ0) is 20.3. The molecule has 6 nitrogen and oxygen atoms in total. The van der Waals surface area contributed by atoms with Gasteiger partial charge in [0.25, 0.3) is 5.56 Å². The Morgan fingerprint density at radius 3 is 2.75 bits per heavy atom. The summed E-state index contributed by atoms with van der Waals surface area (Å²) in [6, 6.07) is 10.2. The van der Waals surface area contributed by atoms with Crippen LogP contribution in [0.3, 0.4) is 0 Å². The van der Waals surface area contributed by atoms with E-state index < -0.39 is 0 Å². The maximum absolute atomic E-state index is 14.0. The molecule has 0 atom stereocenters. The van der Waals surface area contributed by atoms with Crippen molar-refractivity contribution in [3.63, 3.8) is 0 Å². The number of anilines is 1. The summed E-state index contributed by atoms with van der Waals surface area (Å²) in [4.78, 5) is 28.7. The number of benzene rings is 2. The fraction of sp³-hybridized carbons (Fsp3) is 0.238. The van der Waals surface area contributed by atoms with Crippen molar-refractivity contribution in [2.75, 3.05) is 31.6 Å². The van der Waals surface area contributed by atoms with Gasteiger partial charge in [0, 0.05) is 36.4 Å². The van der Waals surface area contributed by atoms with Gasteiger partial charge in [-0.25, -0.2) is 4.39 Å². The molecule has 2 aromatic carbocycles. The Kier molecular flexibility index (Phi) is 5.75. The van der Waals surface area contributed by atoms with Crippen LogP contribution in [-0.2, 0) is 4.79 Å². The number of hydrogen-bond acceptors (Lipinski definition) is 4. The highest BCUT2D eigenvalue weighted by Gasteiger charge is 2.13. The lowest BCUT2D eigenvalue weighted by Gasteiger charge is -2.19. The second-order valence-corrected chi connectivity index (χ2v) is 6.60. The molecule has 3 aromatic rings. The average Bonchev–Trinajstić information content (AvgIpc) is 2.69. The van der Waals surface area contributed by atoms with Crippen molar-refractivity contribution in [3.8, 4) is 11.1 Å². The maximum Gasteiger partial charge on any atom is 0.255 e. The number of amides is 1. The van der Waals surface area contributed by atoms with Gasteiger partial charge in [0.2, 0.25) is 5.91 Å². The van der Waals surface area contributed by atoms with E-state index >= 15 is 0 Å². The SMILES string of the molecule is Cc1c(F)cccc1-c1c[nH]c(=O)c2cc(N(C)CC(=O)NCCO)ccc12. The predicted octanol–water partition coefficient (Wildman–Crippen LogP) is 2.19. The van der Waals surface area contributed by atoms with E-state index in [4.69, 9.17) is 5.11 Å². The predicted molar refractivity (Wildman–Crippen MR) is 108 cm³/mol. The fourth-order valence-electron chi connectivity index (χ4n) is 3.17. The van der Waals surface area contributed by atoms with Crippen molar-refractivity contribution in [3.05, 3.63) is 64.3 Å². The van der Waals surface area contributed by atoms with Crippen molar-refractivity contribution < 1.29 is 14.3 Å². The molecule has 0 spiro atoms. The Morgan fingerprint density at radius 2 is 2.00 bits per heavy atom. The number of carbonyl (C=O) groups is 1. The molecule has 7 heteroatoms. The number of nitrogens with one attached hydrogen (secondary N) is 2. The molecule has 1 aromatic heterocycles. The van der Waals surface area contributed by atoms with Gasteiger partial charge in [0.1, 0.15) is 5.82 Å². The minimum atomic E-state index is -0.304. The number of aromatic nitrogens is 1. The van der Waals surface area contributed by atoms with Crippen LogP contribution in [0.5, 0.6) is 0 Å².